The van der Waals surface area contributed by atoms with E-state index < -0.39 is 18.4 Å². The first kappa shape index (κ1) is 11.0. The first-order chi connectivity index (χ1) is 6.63. The lowest BCUT2D eigenvalue weighted by Gasteiger charge is -2.12. The van der Waals surface area contributed by atoms with Gasteiger partial charge in [-0.2, -0.15) is 0 Å². The fourth-order valence-electron chi connectivity index (χ4n) is 1.29. The van der Waals surface area contributed by atoms with E-state index >= 15 is 0 Å². The van der Waals surface area contributed by atoms with E-state index in [1.165, 1.54) is 6.92 Å². The summed E-state index contributed by atoms with van der Waals surface area (Å²) in [5, 5.41) is 0. The summed E-state index contributed by atoms with van der Waals surface area (Å²) in [5.74, 6) is -0.790. The zero-order valence-corrected chi connectivity index (χ0v) is 8.32. The van der Waals surface area contributed by atoms with E-state index in [1.54, 1.807) is 6.92 Å². The van der Waals surface area contributed by atoms with E-state index in [-0.39, 0.29) is 5.97 Å². The van der Waals surface area contributed by atoms with Gasteiger partial charge >= 0.3 is 11.9 Å². The fourth-order valence-corrected chi connectivity index (χ4v) is 1.29. The Morgan fingerprint density at radius 1 is 1.43 bits per heavy atom. The minimum atomic E-state index is -0.595. The normalized spacial score (nSPS) is 25.9. The van der Waals surface area contributed by atoms with Crippen molar-refractivity contribution in [3.8, 4) is 0 Å². The minimum Gasteiger partial charge on any atom is -0.464 e. The van der Waals surface area contributed by atoms with Gasteiger partial charge in [-0.25, -0.2) is 4.79 Å². The van der Waals surface area contributed by atoms with Crippen LogP contribution in [0.3, 0.4) is 0 Å². The zero-order valence-electron chi connectivity index (χ0n) is 8.32. The molecule has 0 aromatic carbocycles. The number of hydrogen-bond acceptors (Lipinski definition) is 5. The van der Waals surface area contributed by atoms with Crippen LogP contribution >= 0.6 is 0 Å². The molecule has 5 heteroatoms. The van der Waals surface area contributed by atoms with E-state index in [4.69, 9.17) is 14.2 Å². The third-order valence-corrected chi connectivity index (χ3v) is 1.83. The molecule has 0 bridgehead atoms. The molecule has 14 heavy (non-hydrogen) atoms. The van der Waals surface area contributed by atoms with Crippen LogP contribution in [0.4, 0.5) is 0 Å². The molecule has 0 radical (unpaired) electrons. The van der Waals surface area contributed by atoms with Crippen LogP contribution in [0, 0.1) is 0 Å². The summed E-state index contributed by atoms with van der Waals surface area (Å²) in [6.45, 7) is 3.37. The smallest absolute Gasteiger partial charge is 0.335 e. The first-order valence-electron chi connectivity index (χ1n) is 4.62. The van der Waals surface area contributed by atoms with Crippen molar-refractivity contribution in [2.75, 3.05) is 6.61 Å². The van der Waals surface area contributed by atoms with Crippen LogP contribution in [0.1, 0.15) is 26.7 Å². The highest BCUT2D eigenvalue weighted by Crippen LogP contribution is 2.21. The third kappa shape index (κ3) is 2.99. The first-order valence-corrected chi connectivity index (χ1v) is 4.62. The van der Waals surface area contributed by atoms with Gasteiger partial charge in [-0.05, 0) is 13.3 Å². The van der Waals surface area contributed by atoms with Crippen molar-refractivity contribution in [3.63, 3.8) is 0 Å². The quantitative estimate of drug-likeness (QED) is 0.628. The summed E-state index contributed by atoms with van der Waals surface area (Å²) in [7, 11) is 0. The van der Waals surface area contributed by atoms with Crippen molar-refractivity contribution < 1.29 is 23.8 Å². The second-order valence-corrected chi connectivity index (χ2v) is 2.99. The lowest BCUT2D eigenvalue weighted by atomic mass is 10.2. The summed E-state index contributed by atoms with van der Waals surface area (Å²) in [6.07, 6.45) is -0.0963. The minimum absolute atomic E-state index is 0.330. The van der Waals surface area contributed by atoms with Crippen LogP contribution in [-0.4, -0.2) is 30.9 Å². The molecule has 1 aliphatic heterocycles. The van der Waals surface area contributed by atoms with Gasteiger partial charge in [-0.1, -0.05) is 0 Å². The lowest BCUT2D eigenvalue weighted by Crippen LogP contribution is -2.25. The maximum atomic E-state index is 11.2. The Balaban J connectivity index is 2.33. The van der Waals surface area contributed by atoms with E-state index in [0.29, 0.717) is 19.4 Å². The molecule has 1 heterocycles. The van der Waals surface area contributed by atoms with Crippen LogP contribution in [0.5, 0.6) is 0 Å². The van der Waals surface area contributed by atoms with Gasteiger partial charge in [0.1, 0.15) is 0 Å². The molecule has 1 fully saturated rings. The summed E-state index contributed by atoms with van der Waals surface area (Å²) in [6, 6.07) is 0. The van der Waals surface area contributed by atoms with E-state index in [1.807, 2.05) is 0 Å². The molecule has 5 nitrogen and oxygen atoms in total. The Morgan fingerprint density at radius 2 is 2.14 bits per heavy atom. The molecule has 0 aromatic heterocycles. The summed E-state index contributed by atoms with van der Waals surface area (Å²) < 4.78 is 14.7. The fraction of sp³-hybridized carbons (Fsp3) is 0.778. The predicted octanol–water partition coefficient (Wildman–Crippen LogP) is 0.618. The van der Waals surface area contributed by atoms with E-state index in [9.17, 15) is 9.59 Å². The standard InChI is InChI=1S/C9H14O5/c1-3-12-9(11)7-4-5-8(14-7)13-6(2)10/h7-8H,3-5H2,1-2H3/t7-,8-/m1/s1. The molecule has 1 saturated heterocycles. The van der Waals surface area contributed by atoms with Gasteiger partial charge in [0.15, 0.2) is 6.10 Å². The Hall–Kier alpha value is -1.10. The van der Waals surface area contributed by atoms with Crippen molar-refractivity contribution in [1.82, 2.24) is 0 Å². The molecular weight excluding hydrogens is 188 g/mol. The van der Waals surface area contributed by atoms with Gasteiger partial charge in [-0.15, -0.1) is 0 Å². The Bertz CT molecular complexity index is 225. The summed E-state index contributed by atoms with van der Waals surface area (Å²) in [4.78, 5) is 21.8. The van der Waals surface area contributed by atoms with Gasteiger partial charge in [-0.3, -0.25) is 4.79 Å². The van der Waals surface area contributed by atoms with Gasteiger partial charge in [0.25, 0.3) is 0 Å². The van der Waals surface area contributed by atoms with Crippen molar-refractivity contribution in [2.24, 2.45) is 0 Å². The average molecular weight is 202 g/mol. The van der Waals surface area contributed by atoms with Crippen LogP contribution in [-0.2, 0) is 23.8 Å². The van der Waals surface area contributed by atoms with Crippen LogP contribution in [0.2, 0.25) is 0 Å². The highest BCUT2D eigenvalue weighted by molar-refractivity contribution is 5.75. The van der Waals surface area contributed by atoms with Crippen LogP contribution < -0.4 is 0 Å². The largest absolute Gasteiger partial charge is 0.464 e. The molecule has 0 saturated carbocycles. The Labute approximate surface area is 82.3 Å². The SMILES string of the molecule is CCOC(=O)[C@H]1CC[C@H](OC(C)=O)O1. The zero-order chi connectivity index (χ0) is 10.6. The molecule has 1 rings (SSSR count). The summed E-state index contributed by atoms with van der Waals surface area (Å²) >= 11 is 0. The predicted molar refractivity (Wildman–Crippen MR) is 46.3 cm³/mol. The van der Waals surface area contributed by atoms with E-state index in [0.717, 1.165) is 0 Å². The number of ether oxygens (including phenoxy) is 3. The van der Waals surface area contributed by atoms with Crippen molar-refractivity contribution in [1.29, 1.82) is 0 Å². The highest BCUT2D eigenvalue weighted by atomic mass is 16.7. The molecule has 0 aliphatic carbocycles. The average Bonchev–Trinajstić information content (AvgIpc) is 2.52. The van der Waals surface area contributed by atoms with Gasteiger partial charge in [0.05, 0.1) is 6.61 Å². The van der Waals surface area contributed by atoms with Crippen LogP contribution in [0.15, 0.2) is 0 Å². The molecule has 0 aromatic rings. The monoisotopic (exact) mass is 202 g/mol. The molecule has 80 valence electrons. The number of carbonyl (C=O) groups is 2. The van der Waals surface area contributed by atoms with Crippen molar-refractivity contribution >= 4 is 11.9 Å². The highest BCUT2D eigenvalue weighted by Gasteiger charge is 2.33. The van der Waals surface area contributed by atoms with Crippen LogP contribution in [0.25, 0.3) is 0 Å². The van der Waals surface area contributed by atoms with Gasteiger partial charge < -0.3 is 14.2 Å². The third-order valence-electron chi connectivity index (χ3n) is 1.83. The maximum absolute atomic E-state index is 11.2. The molecule has 0 N–H and O–H groups in total. The molecule has 0 unspecified atom stereocenters. The van der Waals surface area contributed by atoms with Gasteiger partial charge in [0.2, 0.25) is 6.29 Å². The summed E-state index contributed by atoms with van der Waals surface area (Å²) in [5.41, 5.74) is 0. The topological polar surface area (TPSA) is 61.8 Å². The molecular formula is C9H14O5. The second-order valence-electron chi connectivity index (χ2n) is 2.99. The van der Waals surface area contributed by atoms with E-state index in [2.05, 4.69) is 0 Å². The second kappa shape index (κ2) is 4.95. The Morgan fingerprint density at radius 3 is 2.71 bits per heavy atom. The van der Waals surface area contributed by atoms with Crippen molar-refractivity contribution in [2.45, 2.75) is 39.1 Å². The number of hydrogen-bond donors (Lipinski definition) is 0. The number of esters is 2. The lowest BCUT2D eigenvalue weighted by molar-refractivity contribution is -0.183. The number of carbonyl (C=O) groups excluding carboxylic acids is 2. The van der Waals surface area contributed by atoms with Crippen molar-refractivity contribution in [3.05, 3.63) is 0 Å². The molecule has 0 amide bonds. The maximum Gasteiger partial charge on any atom is 0.335 e. The molecule has 0 spiro atoms. The Kier molecular flexibility index (Phi) is 3.88. The number of rotatable bonds is 3. The van der Waals surface area contributed by atoms with Gasteiger partial charge in [0, 0.05) is 13.3 Å². The molecule has 1 aliphatic rings. The molecule has 2 atom stereocenters.